The number of piperazine rings is 1. The summed E-state index contributed by atoms with van der Waals surface area (Å²) in [5.41, 5.74) is 4.71. The van der Waals surface area contributed by atoms with E-state index < -0.39 is 11.6 Å². The normalized spacial score (nSPS) is 23.1. The molecule has 1 aromatic rings. The van der Waals surface area contributed by atoms with Gasteiger partial charge in [0.15, 0.2) is 0 Å². The highest BCUT2D eigenvalue weighted by Crippen LogP contribution is 2.18. The van der Waals surface area contributed by atoms with E-state index in [-0.39, 0.29) is 11.8 Å². The van der Waals surface area contributed by atoms with Crippen molar-refractivity contribution in [3.63, 3.8) is 0 Å². The van der Waals surface area contributed by atoms with Crippen LogP contribution in [0.2, 0.25) is 0 Å². The Balaban J connectivity index is 2.08. The number of carbonyl (C=O) groups is 2. The lowest BCUT2D eigenvalue weighted by Gasteiger charge is -2.34. The summed E-state index contributed by atoms with van der Waals surface area (Å²) in [5.74, 6) is -0.380. The van der Waals surface area contributed by atoms with E-state index in [1.54, 1.807) is 20.0 Å². The number of nitrogens with one attached hydrogen (secondary N) is 2. The van der Waals surface area contributed by atoms with Crippen LogP contribution in [0.4, 0.5) is 5.00 Å². The lowest BCUT2D eigenvalue weighted by Crippen LogP contribution is -2.67. The minimum absolute atomic E-state index is 0.188. The second kappa shape index (κ2) is 3.99. The highest BCUT2D eigenvalue weighted by molar-refractivity contribution is 7.15. The molecule has 0 aliphatic carbocycles. The van der Waals surface area contributed by atoms with E-state index in [1.807, 2.05) is 0 Å². The highest BCUT2D eigenvalue weighted by atomic mass is 32.1. The quantitative estimate of drug-likeness (QED) is 0.672. The molecule has 1 saturated heterocycles. The van der Waals surface area contributed by atoms with E-state index in [1.165, 1.54) is 11.3 Å². The van der Waals surface area contributed by atoms with Crippen LogP contribution in [0.3, 0.4) is 0 Å². The standard InChI is InChI=1S/C10H14N4O2S/c1-10(2)9(16)13-5(8(15)14-10)3-7-12-4-6(11)17-7/h4-5H,3,11H2,1-2H3,(H,13,16)(H,14,15). The molecular weight excluding hydrogens is 240 g/mol. The van der Waals surface area contributed by atoms with Gasteiger partial charge < -0.3 is 16.4 Å². The molecule has 4 N–H and O–H groups in total. The Bertz CT molecular complexity index is 469. The van der Waals surface area contributed by atoms with Crippen molar-refractivity contribution in [2.24, 2.45) is 0 Å². The first-order valence-corrected chi connectivity index (χ1v) is 6.03. The van der Waals surface area contributed by atoms with Gasteiger partial charge in [-0.1, -0.05) is 0 Å². The Hall–Kier alpha value is -1.63. The molecule has 0 spiro atoms. The van der Waals surface area contributed by atoms with Gasteiger partial charge in [0, 0.05) is 6.42 Å². The second-order valence-corrected chi connectivity index (χ2v) is 5.65. The number of hydrogen-bond donors (Lipinski definition) is 3. The number of amides is 2. The average Bonchev–Trinajstić information content (AvgIpc) is 2.60. The molecule has 17 heavy (non-hydrogen) atoms. The Morgan fingerprint density at radius 2 is 2.24 bits per heavy atom. The van der Waals surface area contributed by atoms with Crippen molar-refractivity contribution in [3.8, 4) is 0 Å². The van der Waals surface area contributed by atoms with Crippen molar-refractivity contribution in [1.29, 1.82) is 0 Å². The zero-order valence-electron chi connectivity index (χ0n) is 9.61. The van der Waals surface area contributed by atoms with Gasteiger partial charge in [0.05, 0.1) is 11.2 Å². The lowest BCUT2D eigenvalue weighted by molar-refractivity contribution is -0.140. The third kappa shape index (κ3) is 2.38. The number of anilines is 1. The van der Waals surface area contributed by atoms with Gasteiger partial charge in [-0.05, 0) is 13.8 Å². The molecule has 1 aliphatic rings. The van der Waals surface area contributed by atoms with Crippen molar-refractivity contribution in [2.75, 3.05) is 5.73 Å². The van der Waals surface area contributed by atoms with E-state index in [9.17, 15) is 9.59 Å². The summed E-state index contributed by atoms with van der Waals surface area (Å²) in [6.45, 7) is 3.33. The summed E-state index contributed by atoms with van der Waals surface area (Å²) in [4.78, 5) is 27.6. The third-order valence-corrected chi connectivity index (χ3v) is 3.42. The largest absolute Gasteiger partial charge is 0.389 e. The highest BCUT2D eigenvalue weighted by Gasteiger charge is 2.39. The second-order valence-electron chi connectivity index (χ2n) is 4.50. The predicted octanol–water partition coefficient (Wildman–Crippen LogP) is -0.339. The molecule has 1 aliphatic heterocycles. The molecule has 92 valence electrons. The number of nitrogens with zero attached hydrogens (tertiary/aromatic N) is 1. The zero-order chi connectivity index (χ0) is 12.6. The molecule has 0 aromatic carbocycles. The summed E-state index contributed by atoms with van der Waals surface area (Å²) in [5, 5.41) is 6.70. The van der Waals surface area contributed by atoms with E-state index in [0.717, 1.165) is 5.01 Å². The fraction of sp³-hybridized carbons (Fsp3) is 0.500. The van der Waals surface area contributed by atoms with Crippen LogP contribution < -0.4 is 16.4 Å². The topological polar surface area (TPSA) is 97.1 Å². The molecule has 0 saturated carbocycles. The number of nitrogen functional groups attached to an aromatic ring is 1. The summed E-state index contributed by atoms with van der Waals surface area (Å²) >= 11 is 1.32. The van der Waals surface area contributed by atoms with Gasteiger partial charge in [0.25, 0.3) is 0 Å². The zero-order valence-corrected chi connectivity index (χ0v) is 10.4. The monoisotopic (exact) mass is 254 g/mol. The third-order valence-electron chi connectivity index (χ3n) is 2.58. The first-order valence-electron chi connectivity index (χ1n) is 5.21. The SMILES string of the molecule is CC1(C)NC(=O)C(Cc2ncc(N)s2)NC1=O. The number of rotatable bonds is 2. The predicted molar refractivity (Wildman–Crippen MR) is 64.4 cm³/mol. The van der Waals surface area contributed by atoms with Crippen molar-refractivity contribution in [1.82, 2.24) is 15.6 Å². The molecule has 7 heteroatoms. The van der Waals surface area contributed by atoms with Gasteiger partial charge in [-0.25, -0.2) is 4.98 Å². The first kappa shape index (κ1) is 11.8. The molecule has 2 heterocycles. The molecule has 0 radical (unpaired) electrons. The molecule has 1 aromatic heterocycles. The Kier molecular flexibility index (Phi) is 2.78. The smallest absolute Gasteiger partial charge is 0.245 e. The van der Waals surface area contributed by atoms with Crippen LogP contribution in [0, 0.1) is 0 Å². The van der Waals surface area contributed by atoms with Crippen LogP contribution in [0.1, 0.15) is 18.9 Å². The van der Waals surface area contributed by atoms with Crippen molar-refractivity contribution < 1.29 is 9.59 Å². The fourth-order valence-corrected chi connectivity index (χ4v) is 2.33. The minimum Gasteiger partial charge on any atom is -0.389 e. The van der Waals surface area contributed by atoms with E-state index in [0.29, 0.717) is 11.4 Å². The van der Waals surface area contributed by atoms with E-state index >= 15 is 0 Å². The maximum absolute atomic E-state index is 11.8. The fourth-order valence-electron chi connectivity index (χ4n) is 1.59. The van der Waals surface area contributed by atoms with Crippen LogP contribution in [0.5, 0.6) is 0 Å². The number of thiazole rings is 1. The summed E-state index contributed by atoms with van der Waals surface area (Å²) in [6, 6.07) is -0.568. The van der Waals surface area contributed by atoms with Gasteiger partial charge >= 0.3 is 0 Å². The molecule has 6 nitrogen and oxygen atoms in total. The molecule has 1 atom stereocenters. The van der Waals surface area contributed by atoms with Crippen molar-refractivity contribution in [3.05, 3.63) is 11.2 Å². The minimum atomic E-state index is -0.852. The molecule has 2 rings (SSSR count). The van der Waals surface area contributed by atoms with Crippen LogP contribution >= 0.6 is 11.3 Å². The van der Waals surface area contributed by atoms with Crippen molar-refractivity contribution in [2.45, 2.75) is 31.8 Å². The Labute approximate surface area is 103 Å². The lowest BCUT2D eigenvalue weighted by atomic mass is 9.98. The van der Waals surface area contributed by atoms with Crippen molar-refractivity contribution >= 4 is 28.2 Å². The van der Waals surface area contributed by atoms with Crippen LogP contribution in [-0.2, 0) is 16.0 Å². The van der Waals surface area contributed by atoms with Gasteiger partial charge in [-0.2, -0.15) is 0 Å². The molecule has 1 fully saturated rings. The maximum Gasteiger partial charge on any atom is 0.245 e. The molecule has 2 amide bonds. The van der Waals surface area contributed by atoms with Crippen LogP contribution in [-0.4, -0.2) is 28.4 Å². The van der Waals surface area contributed by atoms with Gasteiger partial charge in [-0.15, -0.1) is 11.3 Å². The number of nitrogens with two attached hydrogens (primary N) is 1. The number of aromatic nitrogens is 1. The summed E-state index contributed by atoms with van der Waals surface area (Å²) in [7, 11) is 0. The Morgan fingerprint density at radius 1 is 1.53 bits per heavy atom. The first-order chi connectivity index (χ1) is 7.88. The van der Waals surface area contributed by atoms with E-state index in [2.05, 4.69) is 15.6 Å². The summed E-state index contributed by atoms with van der Waals surface area (Å²) < 4.78 is 0. The molecule has 0 bridgehead atoms. The Morgan fingerprint density at radius 3 is 2.82 bits per heavy atom. The van der Waals surface area contributed by atoms with Gasteiger partial charge in [0.1, 0.15) is 16.6 Å². The van der Waals surface area contributed by atoms with Crippen LogP contribution in [0.25, 0.3) is 0 Å². The van der Waals surface area contributed by atoms with E-state index in [4.69, 9.17) is 5.73 Å². The number of carbonyl (C=O) groups excluding carboxylic acids is 2. The van der Waals surface area contributed by atoms with Crippen LogP contribution in [0.15, 0.2) is 6.20 Å². The summed E-state index contributed by atoms with van der Waals surface area (Å²) in [6.07, 6.45) is 1.92. The molecular formula is C10H14N4O2S. The average molecular weight is 254 g/mol. The molecule has 1 unspecified atom stereocenters. The maximum atomic E-state index is 11.8. The van der Waals surface area contributed by atoms with Gasteiger partial charge in [0.2, 0.25) is 11.8 Å². The van der Waals surface area contributed by atoms with Gasteiger partial charge in [-0.3, -0.25) is 9.59 Å². The number of hydrogen-bond acceptors (Lipinski definition) is 5.